The molecule has 0 amide bonds. The van der Waals surface area contributed by atoms with Crippen molar-refractivity contribution < 1.29 is 5.11 Å². The first kappa shape index (κ1) is 14.4. The minimum atomic E-state index is 0. The average molecular weight is 268 g/mol. The van der Waals surface area contributed by atoms with Gasteiger partial charge in [0, 0.05) is 25.4 Å². The number of nitrogens with zero attached hydrogens (tertiary/aromatic N) is 2. The third-order valence-electron chi connectivity index (χ3n) is 2.48. The maximum absolute atomic E-state index is 9.34. The van der Waals surface area contributed by atoms with Crippen molar-refractivity contribution in [2.75, 3.05) is 5.32 Å². The molecule has 18 heavy (non-hydrogen) atoms. The maximum Gasteiger partial charge on any atom is 0.148 e. The number of phenols is 1. The first-order chi connectivity index (χ1) is 8.28. The zero-order valence-corrected chi connectivity index (χ0v) is 11.2. The second kappa shape index (κ2) is 6.91. The number of hydrogen-bond donors (Lipinski definition) is 2. The van der Waals surface area contributed by atoms with Gasteiger partial charge in [-0.1, -0.05) is 19.1 Å². The van der Waals surface area contributed by atoms with Gasteiger partial charge in [0.15, 0.2) is 0 Å². The predicted octanol–water partition coefficient (Wildman–Crippen LogP) is 3.03. The summed E-state index contributed by atoms with van der Waals surface area (Å²) >= 11 is 0. The topological polar surface area (TPSA) is 50.1 Å². The fourth-order valence-corrected chi connectivity index (χ4v) is 1.67. The Hall–Kier alpha value is -1.68. The van der Waals surface area contributed by atoms with E-state index >= 15 is 0 Å². The van der Waals surface area contributed by atoms with Gasteiger partial charge < -0.3 is 10.4 Å². The minimum absolute atomic E-state index is 0. The van der Waals surface area contributed by atoms with Crippen molar-refractivity contribution >= 4 is 18.2 Å². The fraction of sp³-hybridized carbons (Fsp3) is 0.308. The van der Waals surface area contributed by atoms with Gasteiger partial charge in [-0.15, -0.1) is 12.4 Å². The number of anilines is 1. The van der Waals surface area contributed by atoms with Crippen LogP contribution in [0.25, 0.3) is 0 Å². The normalized spacial score (nSPS) is 9.83. The highest BCUT2D eigenvalue weighted by atomic mass is 35.5. The molecular formula is C13H18ClN3O. The molecule has 0 bridgehead atoms. The van der Waals surface area contributed by atoms with Gasteiger partial charge in [-0.2, -0.15) is 5.10 Å². The summed E-state index contributed by atoms with van der Waals surface area (Å²) < 4.78 is 1.92. The van der Waals surface area contributed by atoms with Crippen LogP contribution in [0.15, 0.2) is 36.5 Å². The molecule has 1 aromatic carbocycles. The van der Waals surface area contributed by atoms with E-state index in [0.717, 1.165) is 24.3 Å². The van der Waals surface area contributed by atoms with E-state index in [-0.39, 0.29) is 12.4 Å². The van der Waals surface area contributed by atoms with Crippen LogP contribution < -0.4 is 5.32 Å². The van der Waals surface area contributed by atoms with E-state index in [4.69, 9.17) is 0 Å². The number of aryl methyl sites for hydroxylation is 1. The molecule has 1 aromatic heterocycles. The van der Waals surface area contributed by atoms with Crippen molar-refractivity contribution in [1.82, 2.24) is 9.78 Å². The lowest BCUT2D eigenvalue weighted by Gasteiger charge is -2.03. The Balaban J connectivity index is 0.00000162. The molecule has 0 aliphatic rings. The van der Waals surface area contributed by atoms with Gasteiger partial charge in [-0.05, 0) is 24.1 Å². The van der Waals surface area contributed by atoms with Gasteiger partial charge in [0.25, 0.3) is 0 Å². The van der Waals surface area contributed by atoms with Gasteiger partial charge in [-0.3, -0.25) is 4.68 Å². The van der Waals surface area contributed by atoms with Gasteiger partial charge in [-0.25, -0.2) is 0 Å². The number of rotatable bonds is 5. The summed E-state index contributed by atoms with van der Waals surface area (Å²) in [5.74, 6) is 1.16. The summed E-state index contributed by atoms with van der Waals surface area (Å²) in [5.41, 5.74) is 1.04. The number of aromatic hydroxyl groups is 1. The maximum atomic E-state index is 9.34. The highest BCUT2D eigenvalue weighted by molar-refractivity contribution is 5.85. The minimum Gasteiger partial charge on any atom is -0.508 e. The summed E-state index contributed by atoms with van der Waals surface area (Å²) in [7, 11) is 0. The molecule has 0 aliphatic heterocycles. The van der Waals surface area contributed by atoms with Gasteiger partial charge >= 0.3 is 0 Å². The first-order valence-corrected chi connectivity index (χ1v) is 5.83. The third-order valence-corrected chi connectivity index (χ3v) is 2.48. The summed E-state index contributed by atoms with van der Waals surface area (Å²) in [6.07, 6.45) is 3.04. The van der Waals surface area contributed by atoms with Crippen molar-refractivity contribution in [3.8, 4) is 5.75 Å². The molecule has 0 spiro atoms. The van der Waals surface area contributed by atoms with E-state index in [1.807, 2.05) is 29.1 Å². The second-order valence-electron chi connectivity index (χ2n) is 3.99. The van der Waals surface area contributed by atoms with Crippen molar-refractivity contribution in [2.45, 2.75) is 26.4 Å². The van der Waals surface area contributed by atoms with Crippen molar-refractivity contribution in [3.63, 3.8) is 0 Å². The van der Waals surface area contributed by atoms with Crippen LogP contribution in [0.1, 0.15) is 18.9 Å². The van der Waals surface area contributed by atoms with Crippen LogP contribution in [0.3, 0.4) is 0 Å². The molecule has 2 aromatic rings. The molecule has 0 saturated heterocycles. The Labute approximate surface area is 113 Å². The summed E-state index contributed by atoms with van der Waals surface area (Å²) in [6.45, 7) is 3.73. The van der Waals surface area contributed by atoms with Crippen LogP contribution in [0.4, 0.5) is 5.82 Å². The number of benzene rings is 1. The van der Waals surface area contributed by atoms with Crippen molar-refractivity contribution in [1.29, 1.82) is 0 Å². The van der Waals surface area contributed by atoms with Crippen LogP contribution in [-0.2, 0) is 13.1 Å². The molecule has 0 aliphatic carbocycles. The highest BCUT2D eigenvalue weighted by Gasteiger charge is 1.98. The zero-order valence-electron chi connectivity index (χ0n) is 10.3. The Morgan fingerprint density at radius 1 is 1.33 bits per heavy atom. The molecule has 0 unspecified atom stereocenters. The molecule has 0 radical (unpaired) electrons. The van der Waals surface area contributed by atoms with Crippen LogP contribution >= 0.6 is 12.4 Å². The molecule has 0 fully saturated rings. The second-order valence-corrected chi connectivity index (χ2v) is 3.99. The van der Waals surface area contributed by atoms with E-state index in [1.165, 1.54) is 0 Å². The highest BCUT2D eigenvalue weighted by Crippen LogP contribution is 2.12. The summed E-state index contributed by atoms with van der Waals surface area (Å²) in [4.78, 5) is 0. The Morgan fingerprint density at radius 3 is 2.89 bits per heavy atom. The lowest BCUT2D eigenvalue weighted by atomic mass is 10.2. The van der Waals surface area contributed by atoms with Crippen LogP contribution in [0, 0.1) is 0 Å². The van der Waals surface area contributed by atoms with E-state index in [2.05, 4.69) is 17.3 Å². The largest absolute Gasteiger partial charge is 0.508 e. The van der Waals surface area contributed by atoms with Gasteiger partial charge in [0.1, 0.15) is 11.6 Å². The molecule has 2 N–H and O–H groups in total. The van der Waals surface area contributed by atoms with Crippen LogP contribution in [0.2, 0.25) is 0 Å². The molecule has 0 saturated carbocycles. The summed E-state index contributed by atoms with van der Waals surface area (Å²) in [5, 5.41) is 16.9. The lowest BCUT2D eigenvalue weighted by molar-refractivity contribution is 0.474. The SMILES string of the molecule is CCCn1ccc(NCc2cccc(O)c2)n1.Cl. The molecule has 5 heteroatoms. The van der Waals surface area contributed by atoms with E-state index < -0.39 is 0 Å². The number of aromatic nitrogens is 2. The number of halogens is 1. The summed E-state index contributed by atoms with van der Waals surface area (Å²) in [6, 6.07) is 9.17. The third kappa shape index (κ3) is 3.96. The van der Waals surface area contributed by atoms with E-state index in [9.17, 15) is 5.11 Å². The molecule has 0 atom stereocenters. The Morgan fingerprint density at radius 2 is 2.17 bits per heavy atom. The monoisotopic (exact) mass is 267 g/mol. The molecule has 2 rings (SSSR count). The predicted molar refractivity (Wildman–Crippen MR) is 75.2 cm³/mol. The van der Waals surface area contributed by atoms with Crippen molar-refractivity contribution in [3.05, 3.63) is 42.1 Å². The fourth-order valence-electron chi connectivity index (χ4n) is 1.67. The quantitative estimate of drug-likeness (QED) is 0.875. The van der Waals surface area contributed by atoms with Gasteiger partial charge in [0.05, 0.1) is 0 Å². The van der Waals surface area contributed by atoms with E-state index in [0.29, 0.717) is 12.3 Å². The molecule has 98 valence electrons. The standard InChI is InChI=1S/C13H17N3O.ClH/c1-2-7-16-8-6-13(15-16)14-10-11-4-3-5-12(17)9-11;/h3-6,8-9,17H,2,7,10H2,1H3,(H,14,15);1H. The van der Waals surface area contributed by atoms with Crippen molar-refractivity contribution in [2.24, 2.45) is 0 Å². The smallest absolute Gasteiger partial charge is 0.148 e. The van der Waals surface area contributed by atoms with Crippen LogP contribution in [-0.4, -0.2) is 14.9 Å². The first-order valence-electron chi connectivity index (χ1n) is 5.83. The molecule has 1 heterocycles. The molecule has 4 nitrogen and oxygen atoms in total. The Kier molecular flexibility index (Phi) is 5.52. The van der Waals surface area contributed by atoms with Gasteiger partial charge in [0.2, 0.25) is 0 Å². The Bertz CT molecular complexity index is 485. The zero-order chi connectivity index (χ0) is 12.1. The van der Waals surface area contributed by atoms with E-state index in [1.54, 1.807) is 12.1 Å². The lowest BCUT2D eigenvalue weighted by Crippen LogP contribution is -2.02. The number of nitrogens with one attached hydrogen (secondary N) is 1. The molecular weight excluding hydrogens is 250 g/mol. The number of phenolic OH excluding ortho intramolecular Hbond substituents is 1. The average Bonchev–Trinajstić information content (AvgIpc) is 2.75. The van der Waals surface area contributed by atoms with Crippen LogP contribution in [0.5, 0.6) is 5.75 Å². The number of hydrogen-bond acceptors (Lipinski definition) is 3.